The second-order valence-electron chi connectivity index (χ2n) is 4.84. The molecule has 0 aliphatic carbocycles. The number of carbonyl (C=O) groups is 1. The lowest BCUT2D eigenvalue weighted by Gasteiger charge is -2.15. The number of halogens is 2. The van der Waals surface area contributed by atoms with Gasteiger partial charge in [-0.2, -0.15) is 0 Å². The second kappa shape index (κ2) is 6.53. The Morgan fingerprint density at radius 1 is 1.23 bits per heavy atom. The molecule has 0 radical (unpaired) electrons. The maximum atomic E-state index is 13.1. The number of primary amides is 1. The molecule has 0 saturated heterocycles. The quantitative estimate of drug-likeness (QED) is 0.891. The molecular formula is C16H15F2NO3. The predicted molar refractivity (Wildman–Crippen MR) is 76.5 cm³/mol. The number of ether oxygens (including phenoxy) is 1. The fourth-order valence-corrected chi connectivity index (χ4v) is 1.89. The number of amides is 1. The largest absolute Gasteiger partial charge is 0.490 e. The smallest absolute Gasteiger partial charge is 0.248 e. The van der Waals surface area contributed by atoms with Crippen molar-refractivity contribution in [3.05, 3.63) is 64.7 Å². The van der Waals surface area contributed by atoms with Gasteiger partial charge in [-0.1, -0.05) is 12.1 Å². The van der Waals surface area contributed by atoms with E-state index in [2.05, 4.69) is 0 Å². The Hall–Kier alpha value is -2.47. The van der Waals surface area contributed by atoms with Crippen LogP contribution in [0.25, 0.3) is 0 Å². The molecule has 22 heavy (non-hydrogen) atoms. The molecule has 0 aliphatic rings. The van der Waals surface area contributed by atoms with E-state index in [0.29, 0.717) is 5.75 Å². The number of carbonyl (C=O) groups excluding carboxylic acids is 1. The molecule has 0 aliphatic heterocycles. The monoisotopic (exact) mass is 307 g/mol. The maximum absolute atomic E-state index is 13.1. The Bertz CT molecular complexity index is 704. The van der Waals surface area contributed by atoms with Crippen LogP contribution < -0.4 is 10.5 Å². The van der Waals surface area contributed by atoms with Gasteiger partial charge in [-0.15, -0.1) is 0 Å². The third-order valence-electron chi connectivity index (χ3n) is 3.20. The minimum atomic E-state index is -1.13. The molecule has 0 bridgehead atoms. The molecule has 0 aromatic heterocycles. The van der Waals surface area contributed by atoms with Crippen molar-refractivity contribution in [1.82, 2.24) is 0 Å². The predicted octanol–water partition coefficient (Wildman–Crippen LogP) is 2.48. The first kappa shape index (κ1) is 15.9. The van der Waals surface area contributed by atoms with Gasteiger partial charge in [-0.25, -0.2) is 8.78 Å². The van der Waals surface area contributed by atoms with Crippen LogP contribution in [0, 0.1) is 18.6 Å². The molecule has 0 fully saturated rings. The van der Waals surface area contributed by atoms with Gasteiger partial charge in [-0.05, 0) is 42.3 Å². The zero-order valence-electron chi connectivity index (χ0n) is 11.8. The van der Waals surface area contributed by atoms with Crippen LogP contribution in [0.15, 0.2) is 36.4 Å². The highest BCUT2D eigenvalue weighted by molar-refractivity contribution is 5.93. The van der Waals surface area contributed by atoms with Crippen molar-refractivity contribution in [3.63, 3.8) is 0 Å². The van der Waals surface area contributed by atoms with E-state index in [9.17, 15) is 18.7 Å². The summed E-state index contributed by atoms with van der Waals surface area (Å²) in [5.41, 5.74) is 6.42. The molecule has 6 heteroatoms. The van der Waals surface area contributed by atoms with E-state index < -0.39 is 23.6 Å². The lowest BCUT2D eigenvalue weighted by molar-refractivity contribution is 0.0997. The van der Waals surface area contributed by atoms with Crippen LogP contribution in [0.3, 0.4) is 0 Å². The first-order chi connectivity index (χ1) is 10.4. The standard InChI is InChI=1S/C16H15F2NO3/c1-9-2-3-11(16(19)21)7-15(9)22-8-14(20)10-4-5-12(17)13(18)6-10/h2-7,14,20H,8H2,1H3,(H2,19,21). The van der Waals surface area contributed by atoms with E-state index >= 15 is 0 Å². The van der Waals surface area contributed by atoms with E-state index in [1.165, 1.54) is 12.1 Å². The molecule has 0 heterocycles. The lowest BCUT2D eigenvalue weighted by Crippen LogP contribution is -2.13. The highest BCUT2D eigenvalue weighted by Gasteiger charge is 2.13. The first-order valence-electron chi connectivity index (χ1n) is 6.54. The van der Waals surface area contributed by atoms with Crippen LogP contribution in [0.1, 0.15) is 27.6 Å². The minimum Gasteiger partial charge on any atom is -0.490 e. The third-order valence-corrected chi connectivity index (χ3v) is 3.20. The van der Waals surface area contributed by atoms with Crippen LogP contribution >= 0.6 is 0 Å². The van der Waals surface area contributed by atoms with E-state index in [4.69, 9.17) is 10.5 Å². The van der Waals surface area contributed by atoms with Crippen molar-refractivity contribution in [2.45, 2.75) is 13.0 Å². The summed E-state index contributed by atoms with van der Waals surface area (Å²) in [6.45, 7) is 1.60. The van der Waals surface area contributed by atoms with Crippen molar-refractivity contribution in [3.8, 4) is 5.75 Å². The molecule has 0 saturated carbocycles. The van der Waals surface area contributed by atoms with Crippen molar-refractivity contribution >= 4 is 5.91 Å². The first-order valence-corrected chi connectivity index (χ1v) is 6.54. The molecule has 3 N–H and O–H groups in total. The molecular weight excluding hydrogens is 292 g/mol. The number of aryl methyl sites for hydroxylation is 1. The summed E-state index contributed by atoms with van der Waals surface area (Å²) in [5.74, 6) is -2.23. The van der Waals surface area contributed by atoms with Crippen LogP contribution in [0.5, 0.6) is 5.75 Å². The summed E-state index contributed by atoms with van der Waals surface area (Å²) < 4.78 is 31.4. The van der Waals surface area contributed by atoms with Gasteiger partial charge in [0.2, 0.25) is 5.91 Å². The van der Waals surface area contributed by atoms with Crippen molar-refractivity contribution in [2.75, 3.05) is 6.61 Å². The molecule has 4 nitrogen and oxygen atoms in total. The Kier molecular flexibility index (Phi) is 4.72. The SMILES string of the molecule is Cc1ccc(C(N)=O)cc1OCC(O)c1ccc(F)c(F)c1. The Balaban J connectivity index is 2.10. The number of aliphatic hydroxyl groups excluding tert-OH is 1. The normalized spacial score (nSPS) is 12.0. The average molecular weight is 307 g/mol. The number of hydrogen-bond donors (Lipinski definition) is 2. The summed E-state index contributed by atoms with van der Waals surface area (Å²) in [6, 6.07) is 7.83. The molecule has 2 aromatic rings. The zero-order valence-corrected chi connectivity index (χ0v) is 11.8. The maximum Gasteiger partial charge on any atom is 0.248 e. The van der Waals surface area contributed by atoms with Gasteiger partial charge in [-0.3, -0.25) is 4.79 Å². The molecule has 2 rings (SSSR count). The van der Waals surface area contributed by atoms with Gasteiger partial charge in [0.05, 0.1) is 0 Å². The third kappa shape index (κ3) is 3.59. The van der Waals surface area contributed by atoms with Gasteiger partial charge in [0.25, 0.3) is 0 Å². The highest BCUT2D eigenvalue weighted by atomic mass is 19.2. The van der Waals surface area contributed by atoms with Gasteiger partial charge < -0.3 is 15.6 Å². The fourth-order valence-electron chi connectivity index (χ4n) is 1.89. The number of nitrogens with two attached hydrogens (primary N) is 1. The molecule has 1 atom stereocenters. The molecule has 116 valence electrons. The van der Waals surface area contributed by atoms with Crippen LogP contribution in [0.4, 0.5) is 8.78 Å². The minimum absolute atomic E-state index is 0.172. The fraction of sp³-hybridized carbons (Fsp3) is 0.188. The molecule has 1 amide bonds. The highest BCUT2D eigenvalue weighted by Crippen LogP contribution is 2.22. The van der Waals surface area contributed by atoms with Gasteiger partial charge in [0.1, 0.15) is 18.5 Å². The molecule has 0 spiro atoms. The Labute approximate surface area is 126 Å². The summed E-state index contributed by atoms with van der Waals surface area (Å²) in [7, 11) is 0. The van der Waals surface area contributed by atoms with Gasteiger partial charge in [0, 0.05) is 5.56 Å². The van der Waals surface area contributed by atoms with Gasteiger partial charge >= 0.3 is 0 Å². The van der Waals surface area contributed by atoms with Gasteiger partial charge in [0.15, 0.2) is 11.6 Å². The summed E-state index contributed by atoms with van der Waals surface area (Å²) in [6.07, 6.45) is -1.13. The zero-order chi connectivity index (χ0) is 16.3. The number of hydrogen-bond acceptors (Lipinski definition) is 3. The average Bonchev–Trinajstić information content (AvgIpc) is 2.48. The Morgan fingerprint density at radius 3 is 2.59 bits per heavy atom. The summed E-state index contributed by atoms with van der Waals surface area (Å²) in [5, 5.41) is 9.96. The van der Waals surface area contributed by atoms with E-state index in [1.807, 2.05) is 0 Å². The molecule has 1 unspecified atom stereocenters. The van der Waals surface area contributed by atoms with E-state index in [-0.39, 0.29) is 17.7 Å². The molecule has 2 aromatic carbocycles. The second-order valence-corrected chi connectivity index (χ2v) is 4.84. The summed E-state index contributed by atoms with van der Waals surface area (Å²) >= 11 is 0. The topological polar surface area (TPSA) is 72.6 Å². The van der Waals surface area contributed by atoms with E-state index in [1.54, 1.807) is 19.1 Å². The summed E-state index contributed by atoms with van der Waals surface area (Å²) in [4.78, 5) is 11.1. The van der Waals surface area contributed by atoms with E-state index in [0.717, 1.165) is 17.7 Å². The van der Waals surface area contributed by atoms with Crippen molar-refractivity contribution in [2.24, 2.45) is 5.73 Å². The van der Waals surface area contributed by atoms with Crippen LogP contribution in [0.2, 0.25) is 0 Å². The number of aliphatic hydroxyl groups is 1. The van der Waals surface area contributed by atoms with Crippen molar-refractivity contribution in [1.29, 1.82) is 0 Å². The number of benzene rings is 2. The van der Waals surface area contributed by atoms with Crippen molar-refractivity contribution < 1.29 is 23.4 Å². The lowest BCUT2D eigenvalue weighted by atomic mass is 10.1. The number of rotatable bonds is 5. The Morgan fingerprint density at radius 2 is 1.95 bits per heavy atom. The van der Waals surface area contributed by atoms with Crippen LogP contribution in [-0.2, 0) is 0 Å². The van der Waals surface area contributed by atoms with Crippen LogP contribution in [-0.4, -0.2) is 17.6 Å².